The van der Waals surface area contributed by atoms with Crippen LogP contribution in [-0.4, -0.2) is 52.1 Å². The third-order valence-corrected chi connectivity index (χ3v) is 4.27. The lowest BCUT2D eigenvalue weighted by atomic mass is 10.0. The normalized spacial score (nSPS) is 16.8. The zero-order valence-corrected chi connectivity index (χ0v) is 13.9. The summed E-state index contributed by atoms with van der Waals surface area (Å²) in [6.07, 6.45) is 4.86. The Morgan fingerprint density at radius 1 is 1.32 bits per heavy atom. The first-order valence-electron chi connectivity index (χ1n) is 8.05. The summed E-state index contributed by atoms with van der Waals surface area (Å²) in [6, 6.07) is 6.52. The van der Waals surface area contributed by atoms with Crippen molar-refractivity contribution in [2.24, 2.45) is 0 Å². The van der Waals surface area contributed by atoms with Crippen LogP contribution in [0.3, 0.4) is 0 Å². The Labute approximate surface area is 145 Å². The first-order valence-corrected chi connectivity index (χ1v) is 8.05. The van der Waals surface area contributed by atoms with Crippen molar-refractivity contribution in [3.05, 3.63) is 47.9 Å². The van der Waals surface area contributed by atoms with Gasteiger partial charge in [0.1, 0.15) is 6.61 Å². The van der Waals surface area contributed by atoms with Gasteiger partial charge in [0.15, 0.2) is 0 Å². The second-order valence-corrected chi connectivity index (χ2v) is 5.86. The molecule has 0 spiro atoms. The number of carbonyl (C=O) groups is 2. The highest BCUT2D eigenvalue weighted by Crippen LogP contribution is 2.32. The lowest BCUT2D eigenvalue weighted by molar-refractivity contribution is -0.136. The van der Waals surface area contributed by atoms with E-state index in [0.29, 0.717) is 23.5 Å². The maximum absolute atomic E-state index is 12.2. The van der Waals surface area contributed by atoms with Gasteiger partial charge in [0, 0.05) is 19.2 Å². The largest absolute Gasteiger partial charge is 0.478 e. The van der Waals surface area contributed by atoms with Gasteiger partial charge in [-0.25, -0.2) is 9.78 Å². The van der Waals surface area contributed by atoms with Crippen molar-refractivity contribution in [1.29, 1.82) is 0 Å². The van der Waals surface area contributed by atoms with E-state index in [-0.39, 0.29) is 24.1 Å². The molecule has 2 aromatic rings. The number of carbonyl (C=O) groups excluding carboxylic acids is 1. The number of amides is 1. The van der Waals surface area contributed by atoms with Gasteiger partial charge in [-0.2, -0.15) is 0 Å². The van der Waals surface area contributed by atoms with E-state index in [1.807, 2.05) is 0 Å². The fourth-order valence-electron chi connectivity index (χ4n) is 3.14. The average Bonchev–Trinajstić information content (AvgIpc) is 3.12. The minimum absolute atomic E-state index is 0.0332. The molecule has 25 heavy (non-hydrogen) atoms. The number of hydrogen-bond donors (Lipinski definition) is 1. The van der Waals surface area contributed by atoms with E-state index in [1.165, 1.54) is 13.2 Å². The van der Waals surface area contributed by atoms with Crippen molar-refractivity contribution >= 4 is 11.9 Å². The molecule has 0 radical (unpaired) electrons. The SMILES string of the molecule is COCC(=O)N1CCCC1c1cncc(-c2ccccc2C(=O)O)n1. The van der Waals surface area contributed by atoms with Crippen molar-refractivity contribution in [3.63, 3.8) is 0 Å². The molecule has 0 saturated carbocycles. The number of benzene rings is 1. The first-order chi connectivity index (χ1) is 12.1. The lowest BCUT2D eigenvalue weighted by Gasteiger charge is -2.24. The van der Waals surface area contributed by atoms with Crippen LogP contribution < -0.4 is 0 Å². The van der Waals surface area contributed by atoms with E-state index in [0.717, 1.165) is 12.8 Å². The van der Waals surface area contributed by atoms with Crippen LogP contribution in [0, 0.1) is 0 Å². The van der Waals surface area contributed by atoms with Crippen LogP contribution in [-0.2, 0) is 9.53 Å². The number of carboxylic acid groups (broad SMARTS) is 1. The molecule has 1 saturated heterocycles. The molecule has 1 aromatic heterocycles. The fraction of sp³-hybridized carbons (Fsp3) is 0.333. The Kier molecular flexibility index (Phi) is 5.04. The standard InChI is InChI=1S/C18H19N3O4/c1-25-11-17(22)21-8-4-7-16(21)15-10-19-9-14(20-15)12-5-2-3-6-13(12)18(23)24/h2-3,5-6,9-10,16H,4,7-8,11H2,1H3,(H,23,24). The van der Waals surface area contributed by atoms with Gasteiger partial charge in [-0.15, -0.1) is 0 Å². The molecule has 1 unspecified atom stereocenters. The topological polar surface area (TPSA) is 92.6 Å². The monoisotopic (exact) mass is 341 g/mol. The zero-order chi connectivity index (χ0) is 17.8. The van der Waals surface area contributed by atoms with E-state index >= 15 is 0 Å². The Balaban J connectivity index is 1.95. The van der Waals surface area contributed by atoms with E-state index < -0.39 is 5.97 Å². The number of hydrogen-bond acceptors (Lipinski definition) is 5. The van der Waals surface area contributed by atoms with Crippen molar-refractivity contribution in [1.82, 2.24) is 14.9 Å². The van der Waals surface area contributed by atoms with Gasteiger partial charge in [-0.1, -0.05) is 18.2 Å². The average molecular weight is 341 g/mol. The maximum Gasteiger partial charge on any atom is 0.336 e. The van der Waals surface area contributed by atoms with Crippen LogP contribution >= 0.6 is 0 Å². The molecular weight excluding hydrogens is 322 g/mol. The number of aromatic carboxylic acids is 1. The highest BCUT2D eigenvalue weighted by atomic mass is 16.5. The molecule has 1 aromatic carbocycles. The van der Waals surface area contributed by atoms with Gasteiger partial charge in [0.2, 0.25) is 5.91 Å². The van der Waals surface area contributed by atoms with E-state index in [9.17, 15) is 14.7 Å². The second-order valence-electron chi connectivity index (χ2n) is 5.86. The third-order valence-electron chi connectivity index (χ3n) is 4.27. The number of likely N-dealkylation sites (tertiary alicyclic amines) is 1. The van der Waals surface area contributed by atoms with E-state index in [2.05, 4.69) is 9.97 Å². The van der Waals surface area contributed by atoms with Gasteiger partial charge in [0.25, 0.3) is 0 Å². The van der Waals surface area contributed by atoms with Crippen LogP contribution in [0.2, 0.25) is 0 Å². The molecule has 1 aliphatic rings. The van der Waals surface area contributed by atoms with E-state index in [1.54, 1.807) is 35.5 Å². The molecule has 1 aliphatic heterocycles. The van der Waals surface area contributed by atoms with Crippen LogP contribution in [0.5, 0.6) is 0 Å². The summed E-state index contributed by atoms with van der Waals surface area (Å²) >= 11 is 0. The summed E-state index contributed by atoms with van der Waals surface area (Å²) in [7, 11) is 1.49. The fourth-order valence-corrected chi connectivity index (χ4v) is 3.14. The first kappa shape index (κ1) is 17.0. The molecule has 1 amide bonds. The summed E-state index contributed by atoms with van der Waals surface area (Å²) in [5.74, 6) is -1.09. The minimum atomic E-state index is -1.01. The van der Waals surface area contributed by atoms with Gasteiger partial charge in [0.05, 0.1) is 35.4 Å². The predicted molar refractivity (Wildman–Crippen MR) is 90.0 cm³/mol. The molecule has 7 nitrogen and oxygen atoms in total. The van der Waals surface area contributed by atoms with Crippen molar-refractivity contribution in [2.75, 3.05) is 20.3 Å². The van der Waals surface area contributed by atoms with Gasteiger partial charge in [-0.3, -0.25) is 9.78 Å². The number of aromatic nitrogens is 2. The van der Waals surface area contributed by atoms with Crippen molar-refractivity contribution in [2.45, 2.75) is 18.9 Å². The summed E-state index contributed by atoms with van der Waals surface area (Å²) in [4.78, 5) is 34.2. The Morgan fingerprint density at radius 3 is 2.88 bits per heavy atom. The Morgan fingerprint density at radius 2 is 2.12 bits per heavy atom. The summed E-state index contributed by atoms with van der Waals surface area (Å²) in [5, 5.41) is 9.37. The van der Waals surface area contributed by atoms with E-state index in [4.69, 9.17) is 4.74 Å². The molecular formula is C18H19N3O4. The van der Waals surface area contributed by atoms with Crippen LogP contribution in [0.25, 0.3) is 11.3 Å². The highest BCUT2D eigenvalue weighted by molar-refractivity contribution is 5.95. The van der Waals surface area contributed by atoms with Gasteiger partial charge in [-0.05, 0) is 18.9 Å². The smallest absolute Gasteiger partial charge is 0.336 e. The summed E-state index contributed by atoms with van der Waals surface area (Å²) in [5.41, 5.74) is 1.84. The Hall–Kier alpha value is -2.80. The van der Waals surface area contributed by atoms with Crippen molar-refractivity contribution in [3.8, 4) is 11.3 Å². The Bertz CT molecular complexity index is 793. The van der Waals surface area contributed by atoms with Gasteiger partial charge >= 0.3 is 5.97 Å². The van der Waals surface area contributed by atoms with Crippen LogP contribution in [0.1, 0.15) is 34.9 Å². The molecule has 1 fully saturated rings. The van der Waals surface area contributed by atoms with Crippen molar-refractivity contribution < 1.29 is 19.4 Å². The number of nitrogens with zero attached hydrogens (tertiary/aromatic N) is 3. The molecule has 2 heterocycles. The minimum Gasteiger partial charge on any atom is -0.478 e. The number of rotatable bonds is 5. The number of ether oxygens (including phenoxy) is 1. The quantitative estimate of drug-likeness (QED) is 0.896. The number of methoxy groups -OCH3 is 1. The molecule has 7 heteroatoms. The maximum atomic E-state index is 12.2. The molecule has 3 rings (SSSR count). The third kappa shape index (κ3) is 3.51. The molecule has 130 valence electrons. The summed E-state index contributed by atoms with van der Waals surface area (Å²) < 4.78 is 4.94. The molecule has 0 aliphatic carbocycles. The zero-order valence-electron chi connectivity index (χ0n) is 13.9. The van der Waals surface area contributed by atoms with Gasteiger partial charge < -0.3 is 14.7 Å². The molecule has 1 N–H and O–H groups in total. The molecule has 0 bridgehead atoms. The number of carboxylic acids is 1. The lowest BCUT2D eigenvalue weighted by Crippen LogP contribution is -2.33. The van der Waals surface area contributed by atoms with Crippen LogP contribution in [0.15, 0.2) is 36.7 Å². The van der Waals surface area contributed by atoms with Crippen LogP contribution in [0.4, 0.5) is 0 Å². The molecule has 1 atom stereocenters. The predicted octanol–water partition coefficient (Wildman–Crippen LogP) is 2.15. The second kappa shape index (κ2) is 7.40. The summed E-state index contributed by atoms with van der Waals surface area (Å²) in [6.45, 7) is 0.690. The highest BCUT2D eigenvalue weighted by Gasteiger charge is 2.31.